The largest absolute Gasteiger partial charge is 0.480 e. The minimum atomic E-state index is -3.29. The molecule has 8 heteroatoms. The molecule has 0 unspecified atom stereocenters. The van der Waals surface area contributed by atoms with Crippen molar-refractivity contribution >= 4 is 44.0 Å². The van der Waals surface area contributed by atoms with Gasteiger partial charge in [0, 0.05) is 22.9 Å². The zero-order valence-corrected chi connectivity index (χ0v) is 14.8. The molecule has 2 aromatic carbocycles. The van der Waals surface area contributed by atoms with E-state index in [1.54, 1.807) is 48.7 Å². The number of halogens is 1. The molecule has 130 valence electrons. The maximum absolute atomic E-state index is 11.7. The van der Waals surface area contributed by atoms with Crippen LogP contribution in [0.3, 0.4) is 0 Å². The number of rotatable bonds is 5. The Bertz CT molecular complexity index is 1070. The van der Waals surface area contributed by atoms with Crippen molar-refractivity contribution in [2.75, 3.05) is 18.1 Å². The number of hydrogen-bond donors (Lipinski definition) is 2. The fourth-order valence-electron chi connectivity index (χ4n) is 2.59. The first-order valence-electron chi connectivity index (χ1n) is 7.32. The lowest BCUT2D eigenvalue weighted by atomic mass is 10.2. The number of hydrogen-bond acceptors (Lipinski definition) is 4. The Morgan fingerprint density at radius 3 is 2.64 bits per heavy atom. The molecule has 0 spiro atoms. The molecule has 0 aliphatic carbocycles. The van der Waals surface area contributed by atoms with Crippen molar-refractivity contribution in [3.05, 3.63) is 53.7 Å². The highest BCUT2D eigenvalue weighted by atomic mass is 35.5. The van der Waals surface area contributed by atoms with E-state index in [-0.39, 0.29) is 11.4 Å². The molecule has 0 saturated heterocycles. The van der Waals surface area contributed by atoms with Crippen molar-refractivity contribution in [3.8, 4) is 5.69 Å². The van der Waals surface area contributed by atoms with Crippen LogP contribution in [0.2, 0.25) is 5.02 Å². The Balaban J connectivity index is 2.13. The van der Waals surface area contributed by atoms with Crippen molar-refractivity contribution in [3.63, 3.8) is 0 Å². The number of carboxylic acid groups (broad SMARTS) is 1. The number of aliphatic carboxylic acids is 1. The Labute approximate surface area is 149 Å². The second-order valence-electron chi connectivity index (χ2n) is 5.59. The molecule has 1 heterocycles. The molecule has 0 saturated carbocycles. The van der Waals surface area contributed by atoms with Crippen molar-refractivity contribution < 1.29 is 18.3 Å². The molecular weight excluding hydrogens is 364 g/mol. The van der Waals surface area contributed by atoms with Crippen LogP contribution < -0.4 is 5.32 Å². The molecule has 6 nitrogen and oxygen atoms in total. The number of carbonyl (C=O) groups is 1. The number of sulfone groups is 1. The SMILES string of the molecule is CS(=O)(=O)c1ccc2c(ccn2-c2cc(Cl)ccc2NCC(=O)O)c1. The third kappa shape index (κ3) is 3.62. The highest BCUT2D eigenvalue weighted by molar-refractivity contribution is 7.90. The van der Waals surface area contributed by atoms with Gasteiger partial charge < -0.3 is 15.0 Å². The summed E-state index contributed by atoms with van der Waals surface area (Å²) in [6.07, 6.45) is 2.95. The summed E-state index contributed by atoms with van der Waals surface area (Å²) in [5.74, 6) is -0.976. The lowest BCUT2D eigenvalue weighted by Crippen LogP contribution is -2.13. The Morgan fingerprint density at radius 1 is 1.20 bits per heavy atom. The summed E-state index contributed by atoms with van der Waals surface area (Å²) in [6, 6.07) is 11.8. The normalized spacial score (nSPS) is 11.6. The van der Waals surface area contributed by atoms with Gasteiger partial charge in [-0.15, -0.1) is 0 Å². The Morgan fingerprint density at radius 2 is 1.96 bits per heavy atom. The van der Waals surface area contributed by atoms with Crippen LogP contribution in [0.5, 0.6) is 0 Å². The quantitative estimate of drug-likeness (QED) is 0.711. The van der Waals surface area contributed by atoms with E-state index in [4.69, 9.17) is 16.7 Å². The van der Waals surface area contributed by atoms with E-state index in [0.29, 0.717) is 16.4 Å². The van der Waals surface area contributed by atoms with Gasteiger partial charge in [-0.05, 0) is 42.5 Å². The number of nitrogens with zero attached hydrogens (tertiary/aromatic N) is 1. The van der Waals surface area contributed by atoms with E-state index in [2.05, 4.69) is 5.32 Å². The zero-order valence-electron chi connectivity index (χ0n) is 13.2. The van der Waals surface area contributed by atoms with E-state index < -0.39 is 15.8 Å². The molecule has 0 aliphatic heterocycles. The van der Waals surface area contributed by atoms with Gasteiger partial charge in [0.2, 0.25) is 0 Å². The van der Waals surface area contributed by atoms with Crippen LogP contribution in [-0.2, 0) is 14.6 Å². The van der Waals surface area contributed by atoms with Crippen molar-refractivity contribution in [2.24, 2.45) is 0 Å². The molecule has 3 aromatic rings. The van der Waals surface area contributed by atoms with E-state index >= 15 is 0 Å². The smallest absolute Gasteiger partial charge is 0.322 e. The summed E-state index contributed by atoms with van der Waals surface area (Å²) in [5.41, 5.74) is 2.07. The van der Waals surface area contributed by atoms with Crippen LogP contribution in [0.25, 0.3) is 16.6 Å². The number of aromatic nitrogens is 1. The molecule has 2 N–H and O–H groups in total. The lowest BCUT2D eigenvalue weighted by molar-refractivity contribution is -0.134. The van der Waals surface area contributed by atoms with E-state index in [0.717, 1.165) is 17.2 Å². The summed E-state index contributed by atoms with van der Waals surface area (Å²) < 4.78 is 25.3. The van der Waals surface area contributed by atoms with Gasteiger partial charge in [-0.25, -0.2) is 8.42 Å². The predicted octanol–water partition coefficient (Wildman–Crippen LogP) is 3.18. The second kappa shape index (κ2) is 6.42. The fraction of sp³-hybridized carbons (Fsp3) is 0.118. The molecule has 0 radical (unpaired) electrons. The summed E-state index contributed by atoms with van der Waals surface area (Å²) in [6.45, 7) is -0.230. The van der Waals surface area contributed by atoms with Crippen LogP contribution in [0.4, 0.5) is 5.69 Å². The highest BCUT2D eigenvalue weighted by Gasteiger charge is 2.13. The second-order valence-corrected chi connectivity index (χ2v) is 8.04. The van der Waals surface area contributed by atoms with Crippen LogP contribution in [-0.4, -0.2) is 36.9 Å². The molecule has 25 heavy (non-hydrogen) atoms. The predicted molar refractivity (Wildman–Crippen MR) is 97.5 cm³/mol. The minimum Gasteiger partial charge on any atom is -0.480 e. The first kappa shape index (κ1) is 17.3. The molecule has 1 aromatic heterocycles. The van der Waals surface area contributed by atoms with Gasteiger partial charge in [-0.1, -0.05) is 11.6 Å². The molecule has 3 rings (SSSR count). The van der Waals surface area contributed by atoms with Gasteiger partial charge in [-0.2, -0.15) is 0 Å². The summed E-state index contributed by atoms with van der Waals surface area (Å²) in [7, 11) is -3.29. The first-order valence-corrected chi connectivity index (χ1v) is 9.59. The average molecular weight is 379 g/mol. The standard InChI is InChI=1S/C17H15ClN2O4S/c1-25(23,24)13-3-5-15-11(8-13)6-7-20(15)16-9-12(18)2-4-14(16)19-10-17(21)22/h2-9,19H,10H2,1H3,(H,21,22). The molecule has 0 amide bonds. The van der Waals surface area contributed by atoms with Crippen molar-refractivity contribution in [2.45, 2.75) is 4.90 Å². The monoisotopic (exact) mass is 378 g/mol. The molecule has 0 atom stereocenters. The maximum Gasteiger partial charge on any atom is 0.322 e. The highest BCUT2D eigenvalue weighted by Crippen LogP contribution is 2.29. The van der Waals surface area contributed by atoms with Gasteiger partial charge in [0.1, 0.15) is 6.54 Å². The molecule has 0 aliphatic rings. The van der Waals surface area contributed by atoms with Crippen molar-refractivity contribution in [1.82, 2.24) is 4.57 Å². The molecule has 0 bridgehead atoms. The molecular formula is C17H15ClN2O4S. The van der Waals surface area contributed by atoms with E-state index in [1.165, 1.54) is 0 Å². The summed E-state index contributed by atoms with van der Waals surface area (Å²) in [5, 5.41) is 13.0. The van der Waals surface area contributed by atoms with Gasteiger partial charge in [0.15, 0.2) is 9.84 Å². The number of nitrogens with one attached hydrogen (secondary N) is 1. The van der Waals surface area contributed by atoms with Gasteiger partial charge >= 0.3 is 5.97 Å². The van der Waals surface area contributed by atoms with Gasteiger partial charge in [0.25, 0.3) is 0 Å². The third-order valence-electron chi connectivity index (χ3n) is 3.74. The van der Waals surface area contributed by atoms with Crippen LogP contribution >= 0.6 is 11.6 Å². The average Bonchev–Trinajstić information content (AvgIpc) is 2.95. The van der Waals surface area contributed by atoms with Crippen molar-refractivity contribution in [1.29, 1.82) is 0 Å². The van der Waals surface area contributed by atoms with Crippen LogP contribution in [0.1, 0.15) is 0 Å². The van der Waals surface area contributed by atoms with Gasteiger partial charge in [0.05, 0.1) is 21.8 Å². The summed E-state index contributed by atoms with van der Waals surface area (Å²) >= 11 is 6.10. The third-order valence-corrected chi connectivity index (χ3v) is 5.08. The minimum absolute atomic E-state index is 0.230. The number of fused-ring (bicyclic) bond motifs is 1. The number of benzene rings is 2. The number of anilines is 1. The Kier molecular flexibility index (Phi) is 4.45. The summed E-state index contributed by atoms with van der Waals surface area (Å²) in [4.78, 5) is 11.1. The topological polar surface area (TPSA) is 88.4 Å². The van der Waals surface area contributed by atoms with Gasteiger partial charge in [-0.3, -0.25) is 4.79 Å². The fourth-order valence-corrected chi connectivity index (χ4v) is 3.41. The first-order chi connectivity index (χ1) is 11.8. The Hall–Kier alpha value is -2.51. The van der Waals surface area contributed by atoms with E-state index in [1.807, 2.05) is 4.57 Å². The van der Waals surface area contributed by atoms with E-state index in [9.17, 15) is 13.2 Å². The zero-order chi connectivity index (χ0) is 18.2. The maximum atomic E-state index is 11.7. The van der Waals surface area contributed by atoms with Crippen LogP contribution in [0, 0.1) is 0 Å². The number of carboxylic acids is 1. The van der Waals surface area contributed by atoms with Crippen LogP contribution in [0.15, 0.2) is 53.6 Å². The lowest BCUT2D eigenvalue weighted by Gasteiger charge is -2.13. The molecule has 0 fully saturated rings.